The van der Waals surface area contributed by atoms with E-state index in [0.29, 0.717) is 48.9 Å². The molecule has 34 heavy (non-hydrogen) atoms. The van der Waals surface area contributed by atoms with Crippen LogP contribution in [-0.4, -0.2) is 72.0 Å². The minimum atomic E-state index is -0.317. The number of carbonyl (C=O) groups excluding carboxylic acids is 2. The summed E-state index contributed by atoms with van der Waals surface area (Å²) in [6.45, 7) is 4.19. The lowest BCUT2D eigenvalue weighted by Gasteiger charge is -2.34. The molecular weight excluding hydrogens is 454 g/mol. The zero-order chi connectivity index (χ0) is 23.7. The lowest BCUT2D eigenvalue weighted by molar-refractivity contribution is 0.0560. The molecular formula is C25H26ClN5O3. The number of rotatable bonds is 4. The third-order valence-electron chi connectivity index (χ3n) is 6.33. The van der Waals surface area contributed by atoms with Gasteiger partial charge < -0.3 is 19.9 Å². The number of carbonyl (C=O) groups is 2. The molecule has 2 unspecified atom stereocenters. The number of allylic oxidation sites excluding steroid dienone is 1. The number of pyridine rings is 1. The van der Waals surface area contributed by atoms with Gasteiger partial charge in [-0.05, 0) is 42.5 Å². The summed E-state index contributed by atoms with van der Waals surface area (Å²) in [4.78, 5) is 38.0. The lowest BCUT2D eigenvalue weighted by Crippen LogP contribution is -2.50. The molecule has 1 aromatic carbocycles. The van der Waals surface area contributed by atoms with Gasteiger partial charge in [0.05, 0.1) is 22.8 Å². The Hall–Kier alpha value is -3.39. The highest BCUT2D eigenvalue weighted by atomic mass is 35.5. The highest BCUT2D eigenvalue weighted by Crippen LogP contribution is 2.34. The van der Waals surface area contributed by atoms with Gasteiger partial charge in [0.15, 0.2) is 0 Å². The van der Waals surface area contributed by atoms with Crippen molar-refractivity contribution in [2.75, 3.05) is 32.8 Å². The summed E-state index contributed by atoms with van der Waals surface area (Å²) in [5.74, 6) is 0.00921. The van der Waals surface area contributed by atoms with Crippen LogP contribution in [0.2, 0.25) is 5.02 Å². The number of hydrogen-bond donors (Lipinski definition) is 1. The number of amides is 2. The van der Waals surface area contributed by atoms with Gasteiger partial charge in [-0.1, -0.05) is 30.7 Å². The molecule has 0 saturated carbocycles. The monoisotopic (exact) mass is 479 g/mol. The van der Waals surface area contributed by atoms with E-state index in [0.717, 1.165) is 23.1 Å². The first-order valence-corrected chi connectivity index (χ1v) is 11.9. The van der Waals surface area contributed by atoms with Gasteiger partial charge in [0.2, 0.25) is 0 Å². The Bertz CT molecular complexity index is 1220. The van der Waals surface area contributed by atoms with E-state index in [1.54, 1.807) is 28.1 Å². The largest absolute Gasteiger partial charge is 0.449 e. The van der Waals surface area contributed by atoms with Crippen molar-refractivity contribution in [1.82, 2.24) is 20.1 Å². The molecule has 1 N–H and O–H groups in total. The van der Waals surface area contributed by atoms with Crippen LogP contribution in [-0.2, 0) is 4.74 Å². The number of benzene rings is 1. The Kier molecular flexibility index (Phi) is 6.24. The van der Waals surface area contributed by atoms with Crippen LogP contribution >= 0.6 is 11.6 Å². The van der Waals surface area contributed by atoms with E-state index in [2.05, 4.69) is 16.4 Å². The first-order chi connectivity index (χ1) is 16.5. The molecule has 5 rings (SSSR count). The number of nitrogens with one attached hydrogen (secondary N) is 1. The zero-order valence-corrected chi connectivity index (χ0v) is 19.7. The highest BCUT2D eigenvalue weighted by Gasteiger charge is 2.29. The lowest BCUT2D eigenvalue weighted by atomic mass is 9.92. The van der Waals surface area contributed by atoms with Crippen molar-refractivity contribution >= 4 is 46.3 Å². The molecule has 9 heteroatoms. The summed E-state index contributed by atoms with van der Waals surface area (Å²) in [5, 5.41) is 4.62. The van der Waals surface area contributed by atoms with Crippen LogP contribution < -0.4 is 5.32 Å². The van der Waals surface area contributed by atoms with Gasteiger partial charge in [-0.2, -0.15) is 0 Å². The molecule has 1 saturated heterocycles. The smallest absolute Gasteiger partial charge is 0.409 e. The number of aromatic nitrogens is 1. The van der Waals surface area contributed by atoms with E-state index in [1.807, 2.05) is 31.3 Å². The molecule has 8 nitrogen and oxygen atoms in total. The quantitative estimate of drug-likeness (QED) is 0.722. The number of dihydropyridines is 1. The first-order valence-electron chi connectivity index (χ1n) is 11.5. The number of ether oxygens (including phenoxy) is 1. The average molecular weight is 480 g/mol. The number of halogens is 1. The van der Waals surface area contributed by atoms with E-state index < -0.39 is 0 Å². The van der Waals surface area contributed by atoms with Gasteiger partial charge in [0, 0.05) is 49.3 Å². The summed E-state index contributed by atoms with van der Waals surface area (Å²) in [7, 11) is 0. The van der Waals surface area contributed by atoms with Gasteiger partial charge >= 0.3 is 6.09 Å². The Morgan fingerprint density at radius 1 is 1.18 bits per heavy atom. The first kappa shape index (κ1) is 22.4. The number of hydrogen-bond acceptors (Lipinski definition) is 6. The Balaban J connectivity index is 1.35. The molecule has 0 radical (unpaired) electrons. The van der Waals surface area contributed by atoms with Gasteiger partial charge in [0.1, 0.15) is 6.17 Å². The molecule has 0 aliphatic carbocycles. The normalized spacial score (nSPS) is 21.3. The van der Waals surface area contributed by atoms with Crippen LogP contribution in [0.3, 0.4) is 0 Å². The summed E-state index contributed by atoms with van der Waals surface area (Å²) in [5.41, 5.74) is 3.03. The predicted octanol–water partition coefficient (Wildman–Crippen LogP) is 3.72. The van der Waals surface area contributed by atoms with Gasteiger partial charge in [-0.25, -0.2) is 9.78 Å². The average Bonchev–Trinajstić information content (AvgIpc) is 3.35. The molecule has 176 valence electrons. The molecule has 2 aromatic rings. The number of piperazine rings is 1. The molecule has 2 atom stereocenters. The van der Waals surface area contributed by atoms with E-state index in [4.69, 9.17) is 21.3 Å². The Morgan fingerprint density at radius 3 is 2.76 bits per heavy atom. The van der Waals surface area contributed by atoms with Crippen LogP contribution in [0.5, 0.6) is 0 Å². The molecule has 3 aliphatic heterocycles. The maximum Gasteiger partial charge on any atom is 0.409 e. The fraction of sp³-hybridized carbons (Fsp3) is 0.360. The minimum Gasteiger partial charge on any atom is -0.449 e. The second-order valence-electron chi connectivity index (χ2n) is 8.53. The second kappa shape index (κ2) is 9.46. The zero-order valence-electron chi connectivity index (χ0n) is 18.9. The van der Waals surface area contributed by atoms with Gasteiger partial charge in [-0.3, -0.25) is 9.79 Å². The standard InChI is InChI=1S/C25H26ClN5O3/c1-2-13-34-25(33)31-11-9-30(10-12-31)24(32)16-3-4-19-20(26)15-22(29-21(19)14-16)17-5-7-27-23-18(17)6-8-28-23/h3-8,14-15,18,23,28H,2,9-13H2,1H3. The Morgan fingerprint density at radius 2 is 1.97 bits per heavy atom. The minimum absolute atomic E-state index is 0.0258. The molecule has 0 bridgehead atoms. The van der Waals surface area contributed by atoms with Crippen molar-refractivity contribution in [2.24, 2.45) is 10.9 Å². The third kappa shape index (κ3) is 4.25. The fourth-order valence-electron chi connectivity index (χ4n) is 4.48. The maximum absolute atomic E-state index is 13.2. The number of nitrogens with zero attached hydrogens (tertiary/aromatic N) is 4. The molecule has 2 amide bonds. The summed E-state index contributed by atoms with van der Waals surface area (Å²) in [6, 6.07) is 7.30. The van der Waals surface area contributed by atoms with Crippen molar-refractivity contribution in [1.29, 1.82) is 0 Å². The van der Waals surface area contributed by atoms with Crippen molar-refractivity contribution in [3.05, 3.63) is 58.9 Å². The van der Waals surface area contributed by atoms with Crippen LogP contribution in [0.4, 0.5) is 4.79 Å². The number of fused-ring (bicyclic) bond motifs is 2. The fourth-order valence-corrected chi connectivity index (χ4v) is 4.74. The van der Waals surface area contributed by atoms with Gasteiger partial charge in [-0.15, -0.1) is 0 Å². The van der Waals surface area contributed by atoms with Crippen LogP contribution in [0, 0.1) is 5.92 Å². The molecule has 1 aromatic heterocycles. The molecule has 1 fully saturated rings. The van der Waals surface area contributed by atoms with Crippen LogP contribution in [0.25, 0.3) is 16.5 Å². The van der Waals surface area contributed by atoms with E-state index in [-0.39, 0.29) is 24.1 Å². The molecule has 0 spiro atoms. The van der Waals surface area contributed by atoms with Crippen molar-refractivity contribution in [3.8, 4) is 0 Å². The highest BCUT2D eigenvalue weighted by molar-refractivity contribution is 6.35. The van der Waals surface area contributed by atoms with E-state index in [9.17, 15) is 9.59 Å². The number of aliphatic imine (C=N–C) groups is 1. The van der Waals surface area contributed by atoms with Crippen LogP contribution in [0.15, 0.2) is 47.6 Å². The van der Waals surface area contributed by atoms with Crippen molar-refractivity contribution in [2.45, 2.75) is 19.5 Å². The van der Waals surface area contributed by atoms with E-state index >= 15 is 0 Å². The van der Waals surface area contributed by atoms with Gasteiger partial charge in [0.25, 0.3) is 5.91 Å². The topological polar surface area (TPSA) is 87.1 Å². The second-order valence-corrected chi connectivity index (χ2v) is 8.94. The van der Waals surface area contributed by atoms with Crippen molar-refractivity contribution in [3.63, 3.8) is 0 Å². The SMILES string of the molecule is CCCOC(=O)N1CCN(C(=O)c2ccc3c(Cl)cc(C4=CC=NC5NC=CC45)nc3c2)CC1. The Labute approximate surface area is 202 Å². The van der Waals surface area contributed by atoms with Crippen LogP contribution in [0.1, 0.15) is 29.4 Å². The van der Waals surface area contributed by atoms with E-state index in [1.165, 1.54) is 0 Å². The summed E-state index contributed by atoms with van der Waals surface area (Å²) in [6.07, 6.45) is 8.17. The summed E-state index contributed by atoms with van der Waals surface area (Å²) < 4.78 is 5.20. The summed E-state index contributed by atoms with van der Waals surface area (Å²) >= 11 is 6.61. The molecule has 3 aliphatic rings. The maximum atomic E-state index is 13.2. The van der Waals surface area contributed by atoms with Crippen molar-refractivity contribution < 1.29 is 14.3 Å². The third-order valence-corrected chi connectivity index (χ3v) is 6.64. The predicted molar refractivity (Wildman–Crippen MR) is 132 cm³/mol. The molecule has 4 heterocycles.